The zero-order valence-corrected chi connectivity index (χ0v) is 29.6. The molecular weight excluding hydrogens is 572 g/mol. The van der Waals surface area contributed by atoms with Crippen molar-refractivity contribution < 1.29 is 24.2 Å². The summed E-state index contributed by atoms with van der Waals surface area (Å²) in [6.07, 6.45) is 48.2. The van der Waals surface area contributed by atoms with E-state index in [1.54, 1.807) is 0 Å². The van der Waals surface area contributed by atoms with E-state index in [4.69, 9.17) is 9.47 Å². The summed E-state index contributed by atoms with van der Waals surface area (Å²) < 4.78 is 10.6. The Hall–Kier alpha value is -2.66. The Morgan fingerprint density at radius 2 is 0.978 bits per heavy atom. The number of hydrogen-bond acceptors (Lipinski definition) is 5. The molecule has 1 atom stereocenters. The maximum atomic E-state index is 12.2. The highest BCUT2D eigenvalue weighted by atomic mass is 16.6. The van der Waals surface area contributed by atoms with Crippen molar-refractivity contribution in [2.24, 2.45) is 0 Å². The van der Waals surface area contributed by atoms with Gasteiger partial charge in [0.25, 0.3) is 0 Å². The molecule has 0 radical (unpaired) electrons. The number of esters is 2. The SMILES string of the molecule is CC/C=C/C=C/C=C/CCCCCCCC(=O)OCC(CO)OC(=O)CCCCCCCCCCC/C=C/C/C=C/C/C=C/CC. The summed E-state index contributed by atoms with van der Waals surface area (Å²) in [7, 11) is 0. The first kappa shape index (κ1) is 43.3. The number of hydrogen-bond donors (Lipinski definition) is 1. The van der Waals surface area contributed by atoms with Gasteiger partial charge in [0.05, 0.1) is 6.61 Å². The van der Waals surface area contributed by atoms with Crippen LogP contribution in [0.4, 0.5) is 0 Å². The van der Waals surface area contributed by atoms with Gasteiger partial charge >= 0.3 is 11.9 Å². The fourth-order valence-corrected chi connectivity index (χ4v) is 4.80. The number of carbonyl (C=O) groups excluding carboxylic acids is 2. The van der Waals surface area contributed by atoms with Crippen LogP contribution in [0.1, 0.15) is 155 Å². The van der Waals surface area contributed by atoms with E-state index in [9.17, 15) is 14.7 Å². The minimum Gasteiger partial charge on any atom is -0.462 e. The Balaban J connectivity index is 3.61. The Labute approximate surface area is 283 Å². The van der Waals surface area contributed by atoms with Gasteiger partial charge in [0.1, 0.15) is 6.61 Å². The van der Waals surface area contributed by atoms with Crippen molar-refractivity contribution in [1.82, 2.24) is 0 Å². The number of allylic oxidation sites excluding steroid dienone is 12. The average Bonchev–Trinajstić information content (AvgIpc) is 3.06. The molecule has 5 nitrogen and oxygen atoms in total. The minimum absolute atomic E-state index is 0.0824. The van der Waals surface area contributed by atoms with E-state index in [1.165, 1.54) is 44.9 Å². The summed E-state index contributed by atoms with van der Waals surface area (Å²) in [6, 6.07) is 0. The summed E-state index contributed by atoms with van der Waals surface area (Å²) in [6.45, 7) is 3.85. The van der Waals surface area contributed by atoms with Crippen molar-refractivity contribution >= 4 is 11.9 Å². The Kier molecular flexibility index (Phi) is 34.7. The highest BCUT2D eigenvalue weighted by molar-refractivity contribution is 5.70. The molecule has 0 aliphatic carbocycles. The zero-order valence-electron chi connectivity index (χ0n) is 29.6. The fraction of sp³-hybridized carbons (Fsp3) is 0.659. The van der Waals surface area contributed by atoms with Crippen LogP contribution in [0.2, 0.25) is 0 Å². The molecule has 0 spiro atoms. The highest BCUT2D eigenvalue weighted by Gasteiger charge is 2.16. The lowest BCUT2D eigenvalue weighted by Crippen LogP contribution is -2.28. The number of carbonyl (C=O) groups is 2. The van der Waals surface area contributed by atoms with Gasteiger partial charge in [-0.25, -0.2) is 0 Å². The molecule has 0 amide bonds. The second-order valence-corrected chi connectivity index (χ2v) is 11.9. The zero-order chi connectivity index (χ0) is 33.6. The summed E-state index contributed by atoms with van der Waals surface area (Å²) in [5.74, 6) is -0.628. The van der Waals surface area contributed by atoms with Crippen LogP contribution in [-0.4, -0.2) is 36.4 Å². The molecule has 1 unspecified atom stereocenters. The van der Waals surface area contributed by atoms with E-state index in [1.807, 2.05) is 6.08 Å². The third kappa shape index (κ3) is 34.2. The molecule has 0 aliphatic rings. The molecule has 0 bridgehead atoms. The van der Waals surface area contributed by atoms with E-state index in [2.05, 4.69) is 80.7 Å². The Bertz CT molecular complexity index is 864. The standard InChI is InChI=1S/C41H68O5/c1-3-5-7-9-11-13-15-17-18-19-20-21-22-24-26-28-30-32-34-36-41(44)46-39(37-42)38-45-40(43)35-33-31-29-27-25-23-16-14-12-10-8-6-4-2/h5-8,10-14,16-18,39,42H,3-4,9,15,19-38H2,1-2H3/b7-5+,8-6+,12-10+,13-11+,16-14+,18-17+. The smallest absolute Gasteiger partial charge is 0.306 e. The molecule has 46 heavy (non-hydrogen) atoms. The van der Waals surface area contributed by atoms with Gasteiger partial charge < -0.3 is 14.6 Å². The molecule has 0 aromatic carbocycles. The lowest BCUT2D eigenvalue weighted by molar-refractivity contribution is -0.161. The van der Waals surface area contributed by atoms with Crippen LogP contribution in [0.15, 0.2) is 72.9 Å². The highest BCUT2D eigenvalue weighted by Crippen LogP contribution is 2.13. The molecule has 0 aliphatic heterocycles. The topological polar surface area (TPSA) is 72.8 Å². The van der Waals surface area contributed by atoms with Crippen molar-refractivity contribution in [3.05, 3.63) is 72.9 Å². The molecule has 5 heteroatoms. The van der Waals surface area contributed by atoms with Gasteiger partial charge in [0.15, 0.2) is 6.10 Å². The quantitative estimate of drug-likeness (QED) is 0.0343. The number of unbranched alkanes of at least 4 members (excludes halogenated alkanes) is 14. The number of aliphatic hydroxyl groups excluding tert-OH is 1. The van der Waals surface area contributed by atoms with Crippen LogP contribution in [0.3, 0.4) is 0 Å². The van der Waals surface area contributed by atoms with Crippen LogP contribution in [0, 0.1) is 0 Å². The largest absolute Gasteiger partial charge is 0.462 e. The van der Waals surface area contributed by atoms with Crippen molar-refractivity contribution in [1.29, 1.82) is 0 Å². The van der Waals surface area contributed by atoms with Crippen LogP contribution < -0.4 is 0 Å². The molecule has 0 heterocycles. The van der Waals surface area contributed by atoms with Gasteiger partial charge in [-0.05, 0) is 64.2 Å². The van der Waals surface area contributed by atoms with Crippen molar-refractivity contribution in [3.63, 3.8) is 0 Å². The van der Waals surface area contributed by atoms with E-state index >= 15 is 0 Å². The molecule has 0 saturated heterocycles. The number of rotatable bonds is 32. The molecule has 0 aromatic rings. The second kappa shape index (κ2) is 36.8. The van der Waals surface area contributed by atoms with Gasteiger partial charge in [-0.1, -0.05) is 151 Å². The van der Waals surface area contributed by atoms with Crippen molar-refractivity contribution in [3.8, 4) is 0 Å². The van der Waals surface area contributed by atoms with Crippen LogP contribution >= 0.6 is 0 Å². The third-order valence-electron chi connectivity index (χ3n) is 7.56. The predicted molar refractivity (Wildman–Crippen MR) is 196 cm³/mol. The van der Waals surface area contributed by atoms with E-state index in [0.29, 0.717) is 12.8 Å². The summed E-state index contributed by atoms with van der Waals surface area (Å²) in [5.41, 5.74) is 0. The van der Waals surface area contributed by atoms with Crippen molar-refractivity contribution in [2.75, 3.05) is 13.2 Å². The average molecular weight is 641 g/mol. The predicted octanol–water partition coefficient (Wildman–Crippen LogP) is 11.4. The van der Waals surface area contributed by atoms with Gasteiger partial charge in [-0.2, -0.15) is 0 Å². The Morgan fingerprint density at radius 1 is 0.522 bits per heavy atom. The van der Waals surface area contributed by atoms with E-state index in [0.717, 1.165) is 83.5 Å². The van der Waals surface area contributed by atoms with E-state index in [-0.39, 0.29) is 25.2 Å². The van der Waals surface area contributed by atoms with Crippen LogP contribution in [-0.2, 0) is 19.1 Å². The molecule has 0 saturated carbocycles. The summed E-state index contributed by atoms with van der Waals surface area (Å²) in [5, 5.41) is 9.53. The van der Waals surface area contributed by atoms with Crippen molar-refractivity contribution in [2.45, 2.75) is 161 Å². The van der Waals surface area contributed by atoms with Gasteiger partial charge in [-0.15, -0.1) is 0 Å². The molecule has 0 aromatic heterocycles. The molecule has 262 valence electrons. The van der Waals surface area contributed by atoms with Gasteiger partial charge in [0.2, 0.25) is 0 Å². The van der Waals surface area contributed by atoms with Gasteiger partial charge in [-0.3, -0.25) is 9.59 Å². The molecule has 1 N–H and O–H groups in total. The Morgan fingerprint density at radius 3 is 1.54 bits per heavy atom. The van der Waals surface area contributed by atoms with Crippen LogP contribution in [0.25, 0.3) is 0 Å². The third-order valence-corrected chi connectivity index (χ3v) is 7.56. The maximum absolute atomic E-state index is 12.2. The molecular formula is C41H68O5. The number of aliphatic hydroxyl groups is 1. The van der Waals surface area contributed by atoms with Crippen LogP contribution in [0.5, 0.6) is 0 Å². The number of ether oxygens (including phenoxy) is 2. The first-order chi connectivity index (χ1) is 22.6. The minimum atomic E-state index is -0.785. The lowest BCUT2D eigenvalue weighted by atomic mass is 10.1. The van der Waals surface area contributed by atoms with Gasteiger partial charge in [0, 0.05) is 12.8 Å². The van der Waals surface area contributed by atoms with E-state index < -0.39 is 6.10 Å². The second-order valence-electron chi connectivity index (χ2n) is 11.9. The first-order valence-corrected chi connectivity index (χ1v) is 18.5. The molecule has 0 fully saturated rings. The maximum Gasteiger partial charge on any atom is 0.306 e. The monoisotopic (exact) mass is 641 g/mol. The normalized spacial score (nSPS) is 13.0. The first-order valence-electron chi connectivity index (χ1n) is 18.5. The lowest BCUT2D eigenvalue weighted by Gasteiger charge is -2.15. The fourth-order valence-electron chi connectivity index (χ4n) is 4.80. The molecule has 0 rings (SSSR count). The summed E-state index contributed by atoms with van der Waals surface area (Å²) in [4.78, 5) is 24.2. The summed E-state index contributed by atoms with van der Waals surface area (Å²) >= 11 is 0.